The van der Waals surface area contributed by atoms with E-state index in [1.54, 1.807) is 6.26 Å². The first-order valence-electron chi connectivity index (χ1n) is 5.29. The van der Waals surface area contributed by atoms with Crippen molar-refractivity contribution in [3.8, 4) is 0 Å². The Labute approximate surface area is 98.0 Å². The fourth-order valence-electron chi connectivity index (χ4n) is 1.79. The predicted octanol–water partition coefficient (Wildman–Crippen LogP) is 1.23. The summed E-state index contributed by atoms with van der Waals surface area (Å²) in [5.41, 5.74) is 12.9. The van der Waals surface area contributed by atoms with Crippen molar-refractivity contribution in [3.05, 3.63) is 36.1 Å². The van der Waals surface area contributed by atoms with Gasteiger partial charge >= 0.3 is 5.97 Å². The Kier molecular flexibility index (Phi) is 3.12. The zero-order valence-corrected chi connectivity index (χ0v) is 9.17. The van der Waals surface area contributed by atoms with Crippen LogP contribution in [-0.4, -0.2) is 17.1 Å². The molecule has 0 aliphatic heterocycles. The van der Waals surface area contributed by atoms with Gasteiger partial charge in [-0.25, -0.2) is 0 Å². The van der Waals surface area contributed by atoms with E-state index >= 15 is 0 Å². The number of carboxylic acids is 1. The molecule has 2 aromatic rings. The second-order valence-corrected chi connectivity index (χ2v) is 3.97. The van der Waals surface area contributed by atoms with E-state index in [9.17, 15) is 4.79 Å². The number of furan rings is 1. The number of nitrogens with two attached hydrogens (primary N) is 2. The number of hydrogen-bond acceptors (Lipinski definition) is 4. The second-order valence-electron chi connectivity index (χ2n) is 3.97. The average molecular weight is 234 g/mol. The van der Waals surface area contributed by atoms with Crippen molar-refractivity contribution in [1.82, 2.24) is 0 Å². The molecule has 0 radical (unpaired) electrons. The van der Waals surface area contributed by atoms with Crippen LogP contribution in [0.4, 0.5) is 0 Å². The summed E-state index contributed by atoms with van der Waals surface area (Å²) in [4.78, 5) is 10.7. The van der Waals surface area contributed by atoms with Crippen LogP contribution in [0, 0.1) is 0 Å². The van der Waals surface area contributed by atoms with Gasteiger partial charge in [0.25, 0.3) is 0 Å². The summed E-state index contributed by atoms with van der Waals surface area (Å²) in [5.74, 6) is -1.05. The van der Waals surface area contributed by atoms with Gasteiger partial charge in [0.1, 0.15) is 11.6 Å². The maximum Gasteiger partial charge on any atom is 0.320 e. The molecule has 0 spiro atoms. The van der Waals surface area contributed by atoms with Crippen LogP contribution in [0.3, 0.4) is 0 Å². The third-order valence-corrected chi connectivity index (χ3v) is 2.74. The van der Waals surface area contributed by atoms with E-state index in [-0.39, 0.29) is 6.42 Å². The van der Waals surface area contributed by atoms with Crippen LogP contribution in [0.2, 0.25) is 0 Å². The molecule has 17 heavy (non-hydrogen) atoms. The minimum absolute atomic E-state index is 0.179. The van der Waals surface area contributed by atoms with E-state index in [0.717, 1.165) is 16.5 Å². The molecule has 5 heteroatoms. The minimum atomic E-state index is -1.05. The fraction of sp³-hybridized carbons (Fsp3) is 0.250. The molecular weight excluding hydrogens is 220 g/mol. The number of aliphatic carboxylic acids is 1. The van der Waals surface area contributed by atoms with Crippen molar-refractivity contribution >= 4 is 16.9 Å². The SMILES string of the molecule is NC(CC(N)c1coc2ccccc12)C(=O)O. The summed E-state index contributed by atoms with van der Waals surface area (Å²) in [6, 6.07) is 6.07. The molecule has 90 valence electrons. The number of carboxylic acid groups (broad SMARTS) is 1. The first kappa shape index (κ1) is 11.6. The van der Waals surface area contributed by atoms with Gasteiger partial charge in [0.15, 0.2) is 0 Å². The van der Waals surface area contributed by atoms with Crippen LogP contribution in [0.5, 0.6) is 0 Å². The molecule has 1 aromatic carbocycles. The number of carbonyl (C=O) groups is 1. The lowest BCUT2D eigenvalue weighted by Crippen LogP contribution is -2.33. The van der Waals surface area contributed by atoms with Crippen molar-refractivity contribution in [2.24, 2.45) is 11.5 Å². The molecule has 0 bridgehead atoms. The number of benzene rings is 1. The van der Waals surface area contributed by atoms with Crippen LogP contribution < -0.4 is 11.5 Å². The summed E-state index contributed by atoms with van der Waals surface area (Å²) >= 11 is 0. The highest BCUT2D eigenvalue weighted by molar-refractivity contribution is 5.81. The van der Waals surface area contributed by atoms with Gasteiger partial charge in [-0.3, -0.25) is 4.79 Å². The normalized spacial score (nSPS) is 14.7. The summed E-state index contributed by atoms with van der Waals surface area (Å²) in [7, 11) is 0. The Morgan fingerprint density at radius 1 is 1.35 bits per heavy atom. The lowest BCUT2D eigenvalue weighted by molar-refractivity contribution is -0.138. The summed E-state index contributed by atoms with van der Waals surface area (Å²) in [6.45, 7) is 0. The molecule has 0 aliphatic carbocycles. The Hall–Kier alpha value is -1.85. The van der Waals surface area contributed by atoms with E-state index in [4.69, 9.17) is 21.0 Å². The predicted molar refractivity (Wildman–Crippen MR) is 63.4 cm³/mol. The molecule has 1 aromatic heterocycles. The number of para-hydroxylation sites is 1. The molecule has 0 aliphatic rings. The molecule has 2 unspecified atom stereocenters. The molecule has 0 amide bonds. The molecule has 2 rings (SSSR count). The summed E-state index contributed by atoms with van der Waals surface area (Å²) < 4.78 is 5.34. The van der Waals surface area contributed by atoms with Gasteiger partial charge in [0.05, 0.1) is 6.26 Å². The van der Waals surface area contributed by atoms with Gasteiger partial charge < -0.3 is 21.0 Å². The van der Waals surface area contributed by atoms with Crippen LogP contribution in [0.25, 0.3) is 11.0 Å². The van der Waals surface area contributed by atoms with Crippen molar-refractivity contribution in [2.75, 3.05) is 0 Å². The molecule has 0 saturated carbocycles. The summed E-state index contributed by atoms with van der Waals surface area (Å²) in [6.07, 6.45) is 1.74. The van der Waals surface area contributed by atoms with E-state index in [0.29, 0.717) is 0 Å². The second kappa shape index (κ2) is 4.57. The average Bonchev–Trinajstić information content (AvgIpc) is 2.72. The van der Waals surface area contributed by atoms with E-state index < -0.39 is 18.1 Å². The third-order valence-electron chi connectivity index (χ3n) is 2.74. The molecule has 1 heterocycles. The first-order chi connectivity index (χ1) is 8.09. The van der Waals surface area contributed by atoms with Crippen LogP contribution >= 0.6 is 0 Å². The van der Waals surface area contributed by atoms with Gasteiger partial charge in [-0.2, -0.15) is 0 Å². The molecular formula is C12H14N2O3. The molecule has 2 atom stereocenters. The Bertz CT molecular complexity index is 535. The van der Waals surface area contributed by atoms with Crippen molar-refractivity contribution < 1.29 is 14.3 Å². The maximum atomic E-state index is 10.7. The Morgan fingerprint density at radius 3 is 2.76 bits per heavy atom. The van der Waals surface area contributed by atoms with Gasteiger partial charge in [-0.15, -0.1) is 0 Å². The number of fused-ring (bicyclic) bond motifs is 1. The van der Waals surface area contributed by atoms with Crippen LogP contribution in [0.15, 0.2) is 34.9 Å². The topological polar surface area (TPSA) is 102 Å². The largest absolute Gasteiger partial charge is 0.480 e. The maximum absolute atomic E-state index is 10.7. The van der Waals surface area contributed by atoms with Gasteiger partial charge in [0, 0.05) is 17.0 Å². The van der Waals surface area contributed by atoms with Gasteiger partial charge in [-0.05, 0) is 12.5 Å². The number of hydrogen-bond donors (Lipinski definition) is 3. The Morgan fingerprint density at radius 2 is 2.06 bits per heavy atom. The van der Waals surface area contributed by atoms with Gasteiger partial charge in [0.2, 0.25) is 0 Å². The highest BCUT2D eigenvalue weighted by Gasteiger charge is 2.19. The lowest BCUT2D eigenvalue weighted by Gasteiger charge is -2.12. The molecule has 5 N–H and O–H groups in total. The Balaban J connectivity index is 2.25. The standard InChI is InChI=1S/C12H14N2O3/c13-9(5-10(14)12(15)16)8-6-17-11-4-2-1-3-7(8)11/h1-4,6,9-10H,5,13-14H2,(H,15,16). The fourth-order valence-corrected chi connectivity index (χ4v) is 1.79. The van der Waals surface area contributed by atoms with Crippen LogP contribution in [-0.2, 0) is 4.79 Å². The zero-order valence-electron chi connectivity index (χ0n) is 9.17. The van der Waals surface area contributed by atoms with Crippen molar-refractivity contribution in [3.63, 3.8) is 0 Å². The molecule has 0 fully saturated rings. The van der Waals surface area contributed by atoms with Crippen LogP contribution in [0.1, 0.15) is 18.0 Å². The highest BCUT2D eigenvalue weighted by atomic mass is 16.4. The van der Waals surface area contributed by atoms with Crippen molar-refractivity contribution in [1.29, 1.82) is 0 Å². The minimum Gasteiger partial charge on any atom is -0.480 e. The smallest absolute Gasteiger partial charge is 0.320 e. The highest BCUT2D eigenvalue weighted by Crippen LogP contribution is 2.27. The zero-order chi connectivity index (χ0) is 12.4. The van der Waals surface area contributed by atoms with E-state index in [1.807, 2.05) is 24.3 Å². The molecule has 5 nitrogen and oxygen atoms in total. The third kappa shape index (κ3) is 2.30. The quantitative estimate of drug-likeness (QED) is 0.738. The number of rotatable bonds is 4. The lowest BCUT2D eigenvalue weighted by atomic mass is 10.00. The van der Waals surface area contributed by atoms with E-state index in [1.165, 1.54) is 0 Å². The van der Waals surface area contributed by atoms with E-state index in [2.05, 4.69) is 0 Å². The summed E-state index contributed by atoms with van der Waals surface area (Å²) in [5, 5.41) is 9.64. The first-order valence-corrected chi connectivity index (χ1v) is 5.29. The monoisotopic (exact) mass is 234 g/mol. The van der Waals surface area contributed by atoms with Gasteiger partial charge in [-0.1, -0.05) is 18.2 Å². The molecule has 0 saturated heterocycles. The van der Waals surface area contributed by atoms with Crippen molar-refractivity contribution in [2.45, 2.75) is 18.5 Å².